The summed E-state index contributed by atoms with van der Waals surface area (Å²) in [5.41, 5.74) is 1.16. The maximum atomic E-state index is 12.2. The molecule has 0 spiro atoms. The molecular weight excluding hydrogens is 348 g/mol. The molecule has 0 aliphatic carbocycles. The minimum absolute atomic E-state index is 0.0876. The van der Waals surface area contributed by atoms with Crippen molar-refractivity contribution in [1.29, 1.82) is 0 Å². The lowest BCUT2D eigenvalue weighted by molar-refractivity contribution is -0.127. The molecule has 0 saturated heterocycles. The van der Waals surface area contributed by atoms with E-state index in [0.717, 1.165) is 0 Å². The van der Waals surface area contributed by atoms with Gasteiger partial charge in [0.05, 0.1) is 17.9 Å². The van der Waals surface area contributed by atoms with Gasteiger partial charge in [-0.05, 0) is 19.1 Å². The Hall–Kier alpha value is -2.87. The van der Waals surface area contributed by atoms with E-state index in [1.165, 1.54) is 11.7 Å². The second kappa shape index (κ2) is 8.29. The Morgan fingerprint density at radius 1 is 1.20 bits per heavy atom. The molecule has 0 radical (unpaired) electrons. The third-order valence-corrected chi connectivity index (χ3v) is 3.62. The number of aryl methyl sites for hydroxylation is 1. The maximum Gasteiger partial charge on any atom is 0.343 e. The van der Waals surface area contributed by atoms with Crippen LogP contribution in [0.5, 0.6) is 0 Å². The van der Waals surface area contributed by atoms with Gasteiger partial charge >= 0.3 is 5.97 Å². The monoisotopic (exact) mass is 364 g/mol. The van der Waals surface area contributed by atoms with Gasteiger partial charge in [0.2, 0.25) is 5.91 Å². The molecule has 2 amide bonds. The van der Waals surface area contributed by atoms with Crippen molar-refractivity contribution in [2.45, 2.75) is 6.92 Å². The average molecular weight is 365 g/mol. The van der Waals surface area contributed by atoms with Crippen LogP contribution in [0, 0.1) is 6.92 Å². The molecule has 0 atom stereocenters. The second-order valence-electron chi connectivity index (χ2n) is 5.02. The van der Waals surface area contributed by atoms with Crippen molar-refractivity contribution in [3.05, 3.63) is 46.7 Å². The van der Waals surface area contributed by atoms with Gasteiger partial charge in [-0.3, -0.25) is 9.59 Å². The smallest absolute Gasteiger partial charge is 0.343 e. The zero-order chi connectivity index (χ0) is 18.4. The van der Waals surface area contributed by atoms with Crippen molar-refractivity contribution in [3.63, 3.8) is 0 Å². The van der Waals surface area contributed by atoms with E-state index in [4.69, 9.17) is 16.3 Å². The number of para-hydroxylation sites is 1. The summed E-state index contributed by atoms with van der Waals surface area (Å²) in [5.74, 6) is -1.72. The summed E-state index contributed by atoms with van der Waals surface area (Å²) >= 11 is 6.24. The largest absolute Gasteiger partial charge is 0.452 e. The summed E-state index contributed by atoms with van der Waals surface area (Å²) in [6.45, 7) is 0.897. The minimum Gasteiger partial charge on any atom is -0.452 e. The quantitative estimate of drug-likeness (QED) is 0.740. The number of aromatic nitrogens is 2. The number of ether oxygens (including phenoxy) is 1. The van der Waals surface area contributed by atoms with Crippen LogP contribution in [0.3, 0.4) is 0 Å². The number of amides is 2. The Kier molecular flexibility index (Phi) is 6.13. The molecule has 9 heteroatoms. The van der Waals surface area contributed by atoms with E-state index in [1.807, 2.05) is 18.2 Å². The van der Waals surface area contributed by atoms with Gasteiger partial charge in [0.1, 0.15) is 10.7 Å². The van der Waals surface area contributed by atoms with Crippen molar-refractivity contribution in [1.82, 2.24) is 20.4 Å². The highest BCUT2D eigenvalue weighted by molar-refractivity contribution is 6.33. The molecule has 2 aromatic rings. The Labute approximate surface area is 149 Å². The topological polar surface area (TPSA) is 102 Å². The summed E-state index contributed by atoms with van der Waals surface area (Å²) in [7, 11) is 1.45. The number of carbonyl (C=O) groups is 3. The van der Waals surface area contributed by atoms with Gasteiger partial charge in [0.15, 0.2) is 6.61 Å². The number of nitrogens with one attached hydrogen (secondary N) is 2. The predicted octanol–water partition coefficient (Wildman–Crippen LogP) is 0.853. The van der Waals surface area contributed by atoms with E-state index >= 15 is 0 Å². The van der Waals surface area contributed by atoms with Crippen LogP contribution in [0.1, 0.15) is 16.1 Å². The standard InChI is InChI=1S/C16H17ClN4O4/c1-10-14(15(17)21(20-10)11-6-4-3-5-7-11)16(24)25-9-13(23)19-8-12(22)18-2/h3-7H,8-9H2,1-2H3,(H,18,22)(H,19,23). The van der Waals surface area contributed by atoms with Crippen molar-refractivity contribution in [2.24, 2.45) is 0 Å². The highest BCUT2D eigenvalue weighted by Crippen LogP contribution is 2.24. The fraction of sp³-hybridized carbons (Fsp3) is 0.250. The van der Waals surface area contributed by atoms with Crippen LogP contribution in [-0.4, -0.2) is 47.8 Å². The lowest BCUT2D eigenvalue weighted by Crippen LogP contribution is -2.37. The molecule has 0 aliphatic rings. The number of nitrogens with zero attached hydrogens (tertiary/aromatic N) is 2. The molecule has 1 heterocycles. The molecule has 0 unspecified atom stereocenters. The van der Waals surface area contributed by atoms with E-state index in [2.05, 4.69) is 15.7 Å². The summed E-state index contributed by atoms with van der Waals surface area (Å²) in [5, 5.41) is 9.00. The zero-order valence-corrected chi connectivity index (χ0v) is 14.5. The third kappa shape index (κ3) is 4.57. The SMILES string of the molecule is CNC(=O)CNC(=O)COC(=O)c1c(C)nn(-c2ccccc2)c1Cl. The first-order valence-corrected chi connectivity index (χ1v) is 7.76. The fourth-order valence-corrected chi connectivity index (χ4v) is 2.34. The van der Waals surface area contributed by atoms with Crippen LogP contribution >= 0.6 is 11.6 Å². The lowest BCUT2D eigenvalue weighted by atomic mass is 10.2. The van der Waals surface area contributed by atoms with Gasteiger partial charge in [0, 0.05) is 7.05 Å². The Morgan fingerprint density at radius 3 is 2.52 bits per heavy atom. The van der Waals surface area contributed by atoms with Crippen LogP contribution in [0.25, 0.3) is 5.69 Å². The normalized spacial score (nSPS) is 10.2. The Morgan fingerprint density at radius 2 is 1.88 bits per heavy atom. The van der Waals surface area contributed by atoms with Gasteiger partial charge < -0.3 is 15.4 Å². The molecule has 2 rings (SSSR count). The molecule has 2 N–H and O–H groups in total. The van der Waals surface area contributed by atoms with E-state index in [1.54, 1.807) is 19.1 Å². The van der Waals surface area contributed by atoms with Crippen LogP contribution < -0.4 is 10.6 Å². The molecule has 132 valence electrons. The molecule has 0 fully saturated rings. The molecule has 8 nitrogen and oxygen atoms in total. The van der Waals surface area contributed by atoms with Gasteiger partial charge in [-0.2, -0.15) is 5.10 Å². The van der Waals surface area contributed by atoms with Crippen LogP contribution in [0.4, 0.5) is 0 Å². The first kappa shape index (κ1) is 18.5. The number of halogens is 1. The fourth-order valence-electron chi connectivity index (χ4n) is 1.99. The number of rotatable bonds is 6. The van der Waals surface area contributed by atoms with Gasteiger partial charge in [-0.1, -0.05) is 29.8 Å². The predicted molar refractivity (Wildman–Crippen MR) is 90.7 cm³/mol. The number of likely N-dealkylation sites (N-methyl/N-ethyl adjacent to an activating group) is 1. The maximum absolute atomic E-state index is 12.2. The van der Waals surface area contributed by atoms with Crippen molar-refractivity contribution < 1.29 is 19.1 Å². The molecule has 1 aromatic heterocycles. The number of carbonyl (C=O) groups excluding carboxylic acids is 3. The van der Waals surface area contributed by atoms with Crippen molar-refractivity contribution in [3.8, 4) is 5.69 Å². The van der Waals surface area contributed by atoms with E-state index in [-0.39, 0.29) is 23.2 Å². The molecule has 25 heavy (non-hydrogen) atoms. The summed E-state index contributed by atoms with van der Waals surface area (Å²) in [6.07, 6.45) is 0. The minimum atomic E-state index is -0.764. The van der Waals surface area contributed by atoms with Crippen LogP contribution in [0.15, 0.2) is 30.3 Å². The molecular formula is C16H17ClN4O4. The molecule has 0 aliphatic heterocycles. The van der Waals surface area contributed by atoms with E-state index in [9.17, 15) is 14.4 Å². The lowest BCUT2D eigenvalue weighted by Gasteiger charge is -2.06. The average Bonchev–Trinajstić information content (AvgIpc) is 2.92. The first-order chi connectivity index (χ1) is 11.9. The Balaban J connectivity index is 2.04. The third-order valence-electron chi connectivity index (χ3n) is 3.27. The number of hydrogen-bond donors (Lipinski definition) is 2. The number of benzene rings is 1. The highest BCUT2D eigenvalue weighted by Gasteiger charge is 2.23. The number of esters is 1. The van der Waals surface area contributed by atoms with E-state index in [0.29, 0.717) is 11.4 Å². The summed E-state index contributed by atoms with van der Waals surface area (Å²) in [4.78, 5) is 34.8. The Bertz CT molecular complexity index is 789. The second-order valence-corrected chi connectivity index (χ2v) is 5.38. The summed E-state index contributed by atoms with van der Waals surface area (Å²) in [6, 6.07) is 9.06. The van der Waals surface area contributed by atoms with E-state index < -0.39 is 18.5 Å². The van der Waals surface area contributed by atoms with Crippen LogP contribution in [-0.2, 0) is 14.3 Å². The highest BCUT2D eigenvalue weighted by atomic mass is 35.5. The number of hydrogen-bond acceptors (Lipinski definition) is 5. The molecule has 0 saturated carbocycles. The van der Waals surface area contributed by atoms with Gasteiger partial charge in [0.25, 0.3) is 5.91 Å². The van der Waals surface area contributed by atoms with Gasteiger partial charge in [-0.15, -0.1) is 0 Å². The molecule has 0 bridgehead atoms. The zero-order valence-electron chi connectivity index (χ0n) is 13.7. The first-order valence-electron chi connectivity index (χ1n) is 7.39. The van der Waals surface area contributed by atoms with Gasteiger partial charge in [-0.25, -0.2) is 9.48 Å². The van der Waals surface area contributed by atoms with Crippen LogP contribution in [0.2, 0.25) is 5.15 Å². The summed E-state index contributed by atoms with van der Waals surface area (Å²) < 4.78 is 6.36. The van der Waals surface area contributed by atoms with Crippen molar-refractivity contribution >= 4 is 29.4 Å². The van der Waals surface area contributed by atoms with Crippen molar-refractivity contribution in [2.75, 3.05) is 20.2 Å². The molecule has 1 aromatic carbocycles.